The predicted octanol–water partition coefficient (Wildman–Crippen LogP) is 2.01. The third-order valence-corrected chi connectivity index (χ3v) is 4.73. The van der Waals surface area contributed by atoms with E-state index < -0.39 is 0 Å². The highest BCUT2D eigenvalue weighted by Gasteiger charge is 2.08. The Hall–Kier alpha value is -0.910. The number of hydrogen-bond donors (Lipinski definition) is 1. The molecular formula is C14H22N4S. The number of rotatable bonds is 6. The summed E-state index contributed by atoms with van der Waals surface area (Å²) in [5.41, 5.74) is 1.36. The fraction of sp³-hybridized carbons (Fsp3) is 0.643. The van der Waals surface area contributed by atoms with Crippen molar-refractivity contribution >= 4 is 16.3 Å². The van der Waals surface area contributed by atoms with Gasteiger partial charge in [0.05, 0.1) is 0 Å². The molecular weight excluding hydrogens is 256 g/mol. The van der Waals surface area contributed by atoms with Gasteiger partial charge in [0.2, 0.25) is 0 Å². The second-order valence-corrected chi connectivity index (χ2v) is 6.05. The van der Waals surface area contributed by atoms with Crippen LogP contribution in [0.3, 0.4) is 0 Å². The van der Waals surface area contributed by atoms with Gasteiger partial charge in [-0.05, 0) is 25.9 Å². The Labute approximate surface area is 118 Å². The Morgan fingerprint density at radius 3 is 3.00 bits per heavy atom. The van der Waals surface area contributed by atoms with E-state index in [4.69, 9.17) is 0 Å². The molecule has 4 nitrogen and oxygen atoms in total. The summed E-state index contributed by atoms with van der Waals surface area (Å²) in [4.78, 5) is 7.98. The Bertz CT molecular complexity index is 498. The van der Waals surface area contributed by atoms with E-state index in [1.807, 2.05) is 6.20 Å². The molecule has 0 atom stereocenters. The summed E-state index contributed by atoms with van der Waals surface area (Å²) < 4.78 is 2.19. The van der Waals surface area contributed by atoms with Gasteiger partial charge < -0.3 is 10.2 Å². The molecule has 0 unspecified atom stereocenters. The van der Waals surface area contributed by atoms with E-state index in [2.05, 4.69) is 31.2 Å². The molecule has 5 heteroatoms. The number of hydrogen-bond acceptors (Lipinski definition) is 4. The number of thiazole rings is 1. The number of likely N-dealkylation sites (tertiary alicyclic amines) is 1. The van der Waals surface area contributed by atoms with Crippen LogP contribution in [-0.2, 0) is 6.42 Å². The molecule has 3 heterocycles. The van der Waals surface area contributed by atoms with E-state index in [9.17, 15) is 0 Å². The van der Waals surface area contributed by atoms with Crippen LogP contribution in [0.25, 0.3) is 4.96 Å². The SMILES string of the molecule is c1cn2c(CCNCCN3CCCCC3)csc2n1. The molecule has 19 heavy (non-hydrogen) atoms. The van der Waals surface area contributed by atoms with Crippen molar-refractivity contribution in [1.82, 2.24) is 19.6 Å². The molecule has 0 radical (unpaired) electrons. The number of piperidine rings is 1. The zero-order chi connectivity index (χ0) is 12.9. The van der Waals surface area contributed by atoms with Crippen molar-refractivity contribution in [3.8, 4) is 0 Å². The van der Waals surface area contributed by atoms with Gasteiger partial charge in [-0.3, -0.25) is 4.40 Å². The molecule has 0 amide bonds. The highest BCUT2D eigenvalue weighted by Crippen LogP contribution is 2.14. The normalized spacial score (nSPS) is 17.3. The van der Waals surface area contributed by atoms with Gasteiger partial charge in [-0.1, -0.05) is 6.42 Å². The maximum atomic E-state index is 4.30. The van der Waals surface area contributed by atoms with Crippen LogP contribution in [0.15, 0.2) is 17.8 Å². The average molecular weight is 278 g/mol. The lowest BCUT2D eigenvalue weighted by Gasteiger charge is -2.26. The van der Waals surface area contributed by atoms with Crippen molar-refractivity contribution < 1.29 is 0 Å². The van der Waals surface area contributed by atoms with Gasteiger partial charge in [-0.2, -0.15) is 0 Å². The van der Waals surface area contributed by atoms with Crippen molar-refractivity contribution in [3.63, 3.8) is 0 Å². The second-order valence-electron chi connectivity index (χ2n) is 5.21. The van der Waals surface area contributed by atoms with Crippen molar-refractivity contribution in [3.05, 3.63) is 23.5 Å². The third kappa shape index (κ3) is 3.35. The maximum absolute atomic E-state index is 4.30. The molecule has 2 aromatic rings. The number of nitrogens with one attached hydrogen (secondary N) is 1. The molecule has 0 saturated carbocycles. The van der Waals surface area contributed by atoms with E-state index in [1.54, 1.807) is 11.3 Å². The summed E-state index contributed by atoms with van der Waals surface area (Å²) >= 11 is 1.72. The molecule has 1 aliphatic heterocycles. The third-order valence-electron chi connectivity index (χ3n) is 3.83. The lowest BCUT2D eigenvalue weighted by atomic mass is 10.1. The minimum absolute atomic E-state index is 1.05. The minimum atomic E-state index is 1.05. The van der Waals surface area contributed by atoms with E-state index in [-0.39, 0.29) is 0 Å². The van der Waals surface area contributed by atoms with Crippen molar-refractivity contribution in [2.75, 3.05) is 32.7 Å². The largest absolute Gasteiger partial charge is 0.315 e. The number of fused-ring (bicyclic) bond motifs is 1. The summed E-state index contributed by atoms with van der Waals surface area (Å²) in [6, 6.07) is 0. The highest BCUT2D eigenvalue weighted by molar-refractivity contribution is 7.15. The van der Waals surface area contributed by atoms with Crippen molar-refractivity contribution in [2.45, 2.75) is 25.7 Å². The maximum Gasteiger partial charge on any atom is 0.193 e. The van der Waals surface area contributed by atoms with Crippen LogP contribution < -0.4 is 5.32 Å². The number of nitrogens with zero attached hydrogens (tertiary/aromatic N) is 3. The molecule has 2 aromatic heterocycles. The van der Waals surface area contributed by atoms with Gasteiger partial charge in [0, 0.05) is 49.5 Å². The molecule has 0 spiro atoms. The smallest absolute Gasteiger partial charge is 0.193 e. The zero-order valence-electron chi connectivity index (χ0n) is 11.3. The molecule has 0 bridgehead atoms. The topological polar surface area (TPSA) is 32.6 Å². The first-order chi connectivity index (χ1) is 9.43. The average Bonchev–Trinajstić information content (AvgIpc) is 3.04. The van der Waals surface area contributed by atoms with Crippen LogP contribution in [0.4, 0.5) is 0 Å². The van der Waals surface area contributed by atoms with E-state index in [0.717, 1.165) is 24.5 Å². The van der Waals surface area contributed by atoms with Gasteiger partial charge in [0.15, 0.2) is 4.96 Å². The molecule has 0 aliphatic carbocycles. The summed E-state index contributed by atoms with van der Waals surface area (Å²) in [5.74, 6) is 0. The summed E-state index contributed by atoms with van der Waals surface area (Å²) in [6.07, 6.45) is 9.19. The van der Waals surface area contributed by atoms with Crippen LogP contribution in [-0.4, -0.2) is 47.0 Å². The summed E-state index contributed by atoms with van der Waals surface area (Å²) in [5, 5.41) is 5.77. The number of imidazole rings is 1. The molecule has 3 rings (SSSR count). The second kappa shape index (κ2) is 6.50. The monoisotopic (exact) mass is 278 g/mol. The van der Waals surface area contributed by atoms with Gasteiger partial charge >= 0.3 is 0 Å². The van der Waals surface area contributed by atoms with E-state index in [1.165, 1.54) is 44.6 Å². The van der Waals surface area contributed by atoms with Crippen LogP contribution in [0.1, 0.15) is 25.0 Å². The van der Waals surface area contributed by atoms with Crippen LogP contribution in [0, 0.1) is 0 Å². The number of aromatic nitrogens is 2. The summed E-state index contributed by atoms with van der Waals surface area (Å²) in [7, 11) is 0. The quantitative estimate of drug-likeness (QED) is 0.821. The zero-order valence-corrected chi connectivity index (χ0v) is 12.2. The Kier molecular flexibility index (Phi) is 4.48. The highest BCUT2D eigenvalue weighted by atomic mass is 32.1. The Morgan fingerprint density at radius 2 is 2.11 bits per heavy atom. The Balaban J connectivity index is 1.35. The van der Waals surface area contributed by atoms with Gasteiger partial charge in [0.1, 0.15) is 0 Å². The fourth-order valence-electron chi connectivity index (χ4n) is 2.71. The van der Waals surface area contributed by atoms with E-state index >= 15 is 0 Å². The molecule has 1 N–H and O–H groups in total. The first-order valence-electron chi connectivity index (χ1n) is 7.26. The first-order valence-corrected chi connectivity index (χ1v) is 8.14. The molecule has 104 valence electrons. The van der Waals surface area contributed by atoms with Gasteiger partial charge in [-0.15, -0.1) is 11.3 Å². The Morgan fingerprint density at radius 1 is 1.21 bits per heavy atom. The molecule has 1 saturated heterocycles. The molecule has 1 fully saturated rings. The molecule has 0 aromatic carbocycles. The van der Waals surface area contributed by atoms with Crippen LogP contribution in [0.5, 0.6) is 0 Å². The minimum Gasteiger partial charge on any atom is -0.315 e. The fourth-order valence-corrected chi connectivity index (χ4v) is 3.60. The van der Waals surface area contributed by atoms with Crippen LogP contribution in [0.2, 0.25) is 0 Å². The van der Waals surface area contributed by atoms with Gasteiger partial charge in [-0.25, -0.2) is 4.98 Å². The van der Waals surface area contributed by atoms with Crippen molar-refractivity contribution in [1.29, 1.82) is 0 Å². The predicted molar refractivity (Wildman–Crippen MR) is 79.9 cm³/mol. The standard InChI is InChI=1S/C14H22N4S/c1-2-8-17(9-3-1)10-6-15-5-4-13-12-19-14-16-7-11-18(13)14/h7,11-12,15H,1-6,8-10H2. The lowest BCUT2D eigenvalue weighted by Crippen LogP contribution is -2.36. The first kappa shape index (κ1) is 13.1. The summed E-state index contributed by atoms with van der Waals surface area (Å²) in [6.45, 7) is 5.95. The molecule has 1 aliphatic rings. The van der Waals surface area contributed by atoms with Crippen LogP contribution >= 0.6 is 11.3 Å². The lowest BCUT2D eigenvalue weighted by molar-refractivity contribution is 0.229. The van der Waals surface area contributed by atoms with Crippen molar-refractivity contribution in [2.24, 2.45) is 0 Å². The van der Waals surface area contributed by atoms with Gasteiger partial charge in [0.25, 0.3) is 0 Å². The van der Waals surface area contributed by atoms with E-state index in [0.29, 0.717) is 0 Å².